The lowest BCUT2D eigenvalue weighted by Crippen LogP contribution is -2.26. The highest BCUT2D eigenvalue weighted by Crippen LogP contribution is 2.16. The van der Waals surface area contributed by atoms with Gasteiger partial charge in [-0.15, -0.1) is 0 Å². The Morgan fingerprint density at radius 3 is 2.54 bits per heavy atom. The van der Waals surface area contributed by atoms with Gasteiger partial charge in [0, 0.05) is 23.5 Å². The van der Waals surface area contributed by atoms with E-state index in [1.54, 1.807) is 23.7 Å². The Kier molecular flexibility index (Phi) is 4.11. The van der Waals surface area contributed by atoms with E-state index >= 15 is 0 Å². The molecule has 0 spiro atoms. The molecule has 3 rings (SSSR count). The molecular formula is C18H15N3O3. The van der Waals surface area contributed by atoms with Gasteiger partial charge in [0.2, 0.25) is 5.43 Å². The molecule has 2 aromatic carbocycles. The van der Waals surface area contributed by atoms with Crippen LogP contribution in [0.5, 0.6) is 5.75 Å². The molecule has 0 atom stereocenters. The number of anilines is 1. The van der Waals surface area contributed by atoms with E-state index in [0.29, 0.717) is 11.4 Å². The summed E-state index contributed by atoms with van der Waals surface area (Å²) in [5.74, 6) is -0.610. The number of nitrogens with zero attached hydrogens (tertiary/aromatic N) is 2. The number of phenols is 1. The molecule has 0 bridgehead atoms. The zero-order valence-electron chi connectivity index (χ0n) is 12.9. The predicted octanol–water partition coefficient (Wildman–Crippen LogP) is 2.50. The van der Waals surface area contributed by atoms with Crippen molar-refractivity contribution in [3.63, 3.8) is 0 Å². The molecular weight excluding hydrogens is 306 g/mol. The maximum atomic E-state index is 12.4. The van der Waals surface area contributed by atoms with Gasteiger partial charge in [-0.25, -0.2) is 4.68 Å². The second-order valence-corrected chi connectivity index (χ2v) is 5.25. The monoisotopic (exact) mass is 321 g/mol. The molecule has 0 saturated carbocycles. The summed E-state index contributed by atoms with van der Waals surface area (Å²) in [5.41, 5.74) is 1.08. The molecule has 1 amide bonds. The highest BCUT2D eigenvalue weighted by Gasteiger charge is 2.15. The fraction of sp³-hybridized carbons (Fsp3) is 0.0556. The van der Waals surface area contributed by atoms with E-state index in [4.69, 9.17) is 0 Å². The van der Waals surface area contributed by atoms with Gasteiger partial charge < -0.3 is 10.4 Å². The largest absolute Gasteiger partial charge is 0.508 e. The van der Waals surface area contributed by atoms with Crippen LogP contribution >= 0.6 is 0 Å². The summed E-state index contributed by atoms with van der Waals surface area (Å²) in [6.45, 7) is 1.75. The summed E-state index contributed by atoms with van der Waals surface area (Å²) in [6, 6.07) is 16.7. The molecule has 0 saturated heterocycles. The Morgan fingerprint density at radius 2 is 1.83 bits per heavy atom. The number of para-hydroxylation sites is 1. The molecule has 1 aromatic heterocycles. The number of aromatic nitrogens is 2. The van der Waals surface area contributed by atoms with Crippen molar-refractivity contribution >= 4 is 11.6 Å². The number of aryl methyl sites for hydroxylation is 1. The molecule has 0 fully saturated rings. The lowest BCUT2D eigenvalue weighted by Gasteiger charge is -2.11. The molecule has 24 heavy (non-hydrogen) atoms. The Morgan fingerprint density at radius 1 is 1.08 bits per heavy atom. The summed E-state index contributed by atoms with van der Waals surface area (Å²) in [5, 5.41) is 16.2. The molecule has 0 aliphatic carbocycles. The number of carbonyl (C=O) groups excluding carboxylic acids is 1. The normalized spacial score (nSPS) is 10.4. The van der Waals surface area contributed by atoms with E-state index in [9.17, 15) is 14.7 Å². The van der Waals surface area contributed by atoms with Crippen LogP contribution in [0, 0.1) is 6.92 Å². The second-order valence-electron chi connectivity index (χ2n) is 5.25. The van der Waals surface area contributed by atoms with E-state index < -0.39 is 11.3 Å². The molecule has 0 aliphatic heterocycles. The second kappa shape index (κ2) is 6.37. The van der Waals surface area contributed by atoms with E-state index in [2.05, 4.69) is 10.4 Å². The van der Waals surface area contributed by atoms with E-state index in [1.165, 1.54) is 18.2 Å². The summed E-state index contributed by atoms with van der Waals surface area (Å²) < 4.78 is 1.54. The van der Waals surface area contributed by atoms with Crippen molar-refractivity contribution in [1.29, 1.82) is 0 Å². The van der Waals surface area contributed by atoms with E-state index in [1.807, 2.05) is 30.3 Å². The molecule has 3 aromatic rings. The summed E-state index contributed by atoms with van der Waals surface area (Å²) in [4.78, 5) is 24.5. The predicted molar refractivity (Wildman–Crippen MR) is 90.6 cm³/mol. The number of carbonyl (C=O) groups is 1. The highest BCUT2D eigenvalue weighted by atomic mass is 16.3. The third-order valence-corrected chi connectivity index (χ3v) is 3.43. The third kappa shape index (κ3) is 3.17. The first kappa shape index (κ1) is 15.5. The highest BCUT2D eigenvalue weighted by molar-refractivity contribution is 6.02. The Balaban J connectivity index is 1.99. The van der Waals surface area contributed by atoms with Crippen molar-refractivity contribution in [3.05, 3.63) is 82.3 Å². The van der Waals surface area contributed by atoms with Gasteiger partial charge >= 0.3 is 0 Å². The van der Waals surface area contributed by atoms with E-state index in [0.717, 1.165) is 5.69 Å². The van der Waals surface area contributed by atoms with E-state index in [-0.39, 0.29) is 11.4 Å². The van der Waals surface area contributed by atoms with Gasteiger partial charge in [-0.05, 0) is 31.2 Å². The Labute approximate surface area is 138 Å². The average molecular weight is 321 g/mol. The zero-order chi connectivity index (χ0) is 17.1. The van der Waals surface area contributed by atoms with Gasteiger partial charge in [0.1, 0.15) is 5.75 Å². The minimum Gasteiger partial charge on any atom is -0.508 e. The van der Waals surface area contributed by atoms with Crippen LogP contribution in [0.25, 0.3) is 5.69 Å². The number of amides is 1. The van der Waals surface area contributed by atoms with Crippen molar-refractivity contribution in [1.82, 2.24) is 9.78 Å². The fourth-order valence-electron chi connectivity index (χ4n) is 2.31. The lowest BCUT2D eigenvalue weighted by atomic mass is 10.2. The van der Waals surface area contributed by atoms with Gasteiger partial charge in [-0.3, -0.25) is 9.59 Å². The van der Waals surface area contributed by atoms with Crippen LogP contribution in [-0.4, -0.2) is 20.8 Å². The van der Waals surface area contributed by atoms with Crippen molar-refractivity contribution in [2.45, 2.75) is 6.92 Å². The van der Waals surface area contributed by atoms with Crippen molar-refractivity contribution in [2.24, 2.45) is 0 Å². The molecule has 0 radical (unpaired) electrons. The Hall–Kier alpha value is -3.41. The minimum atomic E-state index is -0.629. The third-order valence-electron chi connectivity index (χ3n) is 3.43. The van der Waals surface area contributed by atoms with Crippen LogP contribution < -0.4 is 10.7 Å². The summed E-state index contributed by atoms with van der Waals surface area (Å²) >= 11 is 0. The summed E-state index contributed by atoms with van der Waals surface area (Å²) in [7, 11) is 0. The van der Waals surface area contributed by atoms with Crippen LogP contribution in [0.15, 0.2) is 65.5 Å². The maximum absolute atomic E-state index is 12.4. The molecule has 2 N–H and O–H groups in total. The number of benzene rings is 2. The minimum absolute atomic E-state index is 0.0198. The molecule has 120 valence electrons. The first-order chi connectivity index (χ1) is 11.5. The molecule has 1 heterocycles. The lowest BCUT2D eigenvalue weighted by molar-refractivity contribution is 0.101. The van der Waals surface area contributed by atoms with Gasteiger partial charge in [0.25, 0.3) is 5.91 Å². The maximum Gasteiger partial charge on any atom is 0.280 e. The first-order valence-corrected chi connectivity index (χ1v) is 7.31. The zero-order valence-corrected chi connectivity index (χ0v) is 12.9. The fourth-order valence-corrected chi connectivity index (χ4v) is 2.31. The quantitative estimate of drug-likeness (QED) is 0.776. The standard InChI is InChI=1S/C18H15N3O3/c1-12-10-16(23)17(20-21(12)14-7-3-2-4-8-14)18(24)19-13-6-5-9-15(22)11-13/h2-11,22H,1H3,(H,19,24). The van der Waals surface area contributed by atoms with Crippen molar-refractivity contribution in [2.75, 3.05) is 5.32 Å². The van der Waals surface area contributed by atoms with Crippen LogP contribution in [0.2, 0.25) is 0 Å². The number of hydrogen-bond acceptors (Lipinski definition) is 4. The van der Waals surface area contributed by atoms with Crippen molar-refractivity contribution < 1.29 is 9.90 Å². The number of phenolic OH excluding ortho intramolecular Hbond substituents is 1. The molecule has 6 nitrogen and oxygen atoms in total. The van der Waals surface area contributed by atoms with Gasteiger partial charge in [0.15, 0.2) is 5.69 Å². The van der Waals surface area contributed by atoms with Crippen LogP contribution in [0.4, 0.5) is 5.69 Å². The van der Waals surface area contributed by atoms with Crippen molar-refractivity contribution in [3.8, 4) is 11.4 Å². The first-order valence-electron chi connectivity index (χ1n) is 7.31. The van der Waals surface area contributed by atoms with Crippen LogP contribution in [0.1, 0.15) is 16.2 Å². The van der Waals surface area contributed by atoms with Gasteiger partial charge in [-0.1, -0.05) is 24.3 Å². The molecule has 6 heteroatoms. The Bertz CT molecular complexity index is 949. The topological polar surface area (TPSA) is 84.2 Å². The van der Waals surface area contributed by atoms with Gasteiger partial charge in [0.05, 0.1) is 5.69 Å². The van der Waals surface area contributed by atoms with Gasteiger partial charge in [-0.2, -0.15) is 5.10 Å². The van der Waals surface area contributed by atoms with Crippen LogP contribution in [-0.2, 0) is 0 Å². The number of hydrogen-bond donors (Lipinski definition) is 2. The average Bonchev–Trinajstić information content (AvgIpc) is 2.55. The molecule has 0 unspecified atom stereocenters. The number of nitrogens with one attached hydrogen (secondary N) is 1. The summed E-state index contributed by atoms with van der Waals surface area (Å²) in [6.07, 6.45) is 0. The number of aromatic hydroxyl groups is 1. The smallest absolute Gasteiger partial charge is 0.280 e. The molecule has 0 aliphatic rings. The SMILES string of the molecule is Cc1cc(=O)c(C(=O)Nc2cccc(O)c2)nn1-c1ccccc1. The van der Waals surface area contributed by atoms with Crippen LogP contribution in [0.3, 0.4) is 0 Å². The number of rotatable bonds is 3.